The molecule has 3 aromatic rings. The number of carbonyl (C=O) groups excluding carboxylic acids is 1. The van der Waals surface area contributed by atoms with E-state index in [9.17, 15) is 4.79 Å². The van der Waals surface area contributed by atoms with Crippen LogP contribution in [0.15, 0.2) is 66.9 Å². The predicted octanol–water partition coefficient (Wildman–Crippen LogP) is 5.03. The second-order valence-electron chi connectivity index (χ2n) is 7.01. The van der Waals surface area contributed by atoms with Crippen LogP contribution in [-0.4, -0.2) is 28.4 Å². The zero-order valence-corrected chi connectivity index (χ0v) is 15.1. The topological polar surface area (TPSA) is 33.2 Å². The Kier molecular flexibility index (Phi) is 4.70. The molecule has 132 valence electrons. The molecule has 0 aliphatic carbocycles. The zero-order valence-electron chi connectivity index (χ0n) is 15.1. The van der Waals surface area contributed by atoms with Gasteiger partial charge in [-0.15, -0.1) is 0 Å². The highest BCUT2D eigenvalue weighted by molar-refractivity contribution is 6.05. The van der Waals surface area contributed by atoms with Gasteiger partial charge in [0.15, 0.2) is 0 Å². The maximum Gasteiger partial charge on any atom is 0.256 e. The second kappa shape index (κ2) is 7.28. The molecule has 3 heteroatoms. The van der Waals surface area contributed by atoms with E-state index in [1.54, 1.807) is 6.20 Å². The van der Waals surface area contributed by atoms with Crippen molar-refractivity contribution in [2.75, 3.05) is 6.54 Å². The van der Waals surface area contributed by atoms with Crippen molar-refractivity contribution in [3.63, 3.8) is 0 Å². The van der Waals surface area contributed by atoms with Gasteiger partial charge >= 0.3 is 0 Å². The van der Waals surface area contributed by atoms with Crippen molar-refractivity contribution in [2.45, 2.75) is 38.1 Å². The Hall–Kier alpha value is -2.68. The largest absolute Gasteiger partial charge is 0.335 e. The minimum atomic E-state index is 0.117. The van der Waals surface area contributed by atoms with Gasteiger partial charge in [0.05, 0.1) is 11.1 Å². The Morgan fingerprint density at radius 1 is 1.12 bits per heavy atom. The van der Waals surface area contributed by atoms with E-state index in [4.69, 9.17) is 0 Å². The van der Waals surface area contributed by atoms with Crippen molar-refractivity contribution in [3.8, 4) is 0 Å². The smallest absolute Gasteiger partial charge is 0.256 e. The summed E-state index contributed by atoms with van der Waals surface area (Å²) in [6.07, 6.45) is 4.93. The number of hydrogen-bond donors (Lipinski definition) is 0. The molecule has 2 atom stereocenters. The van der Waals surface area contributed by atoms with Crippen molar-refractivity contribution < 1.29 is 4.79 Å². The lowest BCUT2D eigenvalue weighted by molar-refractivity contribution is 0.0716. The number of hydrogen-bond acceptors (Lipinski definition) is 2. The monoisotopic (exact) mass is 344 g/mol. The number of fused-ring (bicyclic) bond motifs is 1. The maximum absolute atomic E-state index is 13.4. The van der Waals surface area contributed by atoms with Gasteiger partial charge in [-0.05, 0) is 37.0 Å². The van der Waals surface area contributed by atoms with Gasteiger partial charge in [0.1, 0.15) is 0 Å². The Labute approximate surface area is 154 Å². The molecule has 0 saturated carbocycles. The molecular formula is C23H24N2O. The number of aromatic nitrogens is 1. The molecular weight excluding hydrogens is 320 g/mol. The SMILES string of the molecule is CCC(c1ccccc1)C1CCCN1C(=O)c1cccc2cccnc12. The van der Waals surface area contributed by atoms with Crippen molar-refractivity contribution >= 4 is 16.8 Å². The van der Waals surface area contributed by atoms with E-state index in [1.807, 2.05) is 30.3 Å². The molecule has 0 radical (unpaired) electrons. The van der Waals surface area contributed by atoms with Gasteiger partial charge in [-0.1, -0.05) is 55.5 Å². The van der Waals surface area contributed by atoms with E-state index in [0.717, 1.165) is 42.3 Å². The number of pyridine rings is 1. The number of rotatable bonds is 4. The molecule has 26 heavy (non-hydrogen) atoms. The Balaban J connectivity index is 1.68. The number of para-hydroxylation sites is 1. The minimum absolute atomic E-state index is 0.117. The van der Waals surface area contributed by atoms with E-state index >= 15 is 0 Å². The van der Waals surface area contributed by atoms with Crippen LogP contribution >= 0.6 is 0 Å². The Morgan fingerprint density at radius 3 is 2.73 bits per heavy atom. The van der Waals surface area contributed by atoms with Crippen LogP contribution in [0, 0.1) is 0 Å². The molecule has 4 rings (SSSR count). The molecule has 1 aromatic heterocycles. The molecule has 2 aromatic carbocycles. The van der Waals surface area contributed by atoms with Gasteiger partial charge in [0.2, 0.25) is 0 Å². The average molecular weight is 344 g/mol. The molecule has 1 saturated heterocycles. The summed E-state index contributed by atoms with van der Waals surface area (Å²) in [7, 11) is 0. The molecule has 1 aliphatic heterocycles. The fourth-order valence-corrected chi connectivity index (χ4v) is 4.32. The summed E-state index contributed by atoms with van der Waals surface area (Å²) in [6, 6.07) is 20.7. The first-order valence-corrected chi connectivity index (χ1v) is 9.49. The van der Waals surface area contributed by atoms with Gasteiger partial charge < -0.3 is 4.90 Å². The molecule has 2 heterocycles. The maximum atomic E-state index is 13.4. The number of carbonyl (C=O) groups is 1. The molecule has 3 nitrogen and oxygen atoms in total. The van der Waals surface area contributed by atoms with Crippen LogP contribution in [0.3, 0.4) is 0 Å². The highest BCUT2D eigenvalue weighted by Crippen LogP contribution is 2.35. The van der Waals surface area contributed by atoms with Crippen molar-refractivity contribution in [2.24, 2.45) is 0 Å². The quantitative estimate of drug-likeness (QED) is 0.665. The minimum Gasteiger partial charge on any atom is -0.335 e. The number of benzene rings is 2. The molecule has 0 N–H and O–H groups in total. The van der Waals surface area contributed by atoms with E-state index in [-0.39, 0.29) is 11.9 Å². The summed E-state index contributed by atoms with van der Waals surface area (Å²) in [5.74, 6) is 0.497. The molecule has 1 fully saturated rings. The van der Waals surface area contributed by atoms with Crippen LogP contribution in [0.2, 0.25) is 0 Å². The lowest BCUT2D eigenvalue weighted by Gasteiger charge is -2.32. The van der Waals surface area contributed by atoms with Gasteiger partial charge in [-0.2, -0.15) is 0 Å². The van der Waals surface area contributed by atoms with Gasteiger partial charge in [0, 0.05) is 30.1 Å². The summed E-state index contributed by atoms with van der Waals surface area (Å²) in [6.45, 7) is 3.05. The van der Waals surface area contributed by atoms with Gasteiger partial charge in [-0.3, -0.25) is 9.78 Å². The Bertz CT molecular complexity index is 901. The lowest BCUT2D eigenvalue weighted by Crippen LogP contribution is -2.39. The summed E-state index contributed by atoms with van der Waals surface area (Å²) in [5, 5.41) is 1.02. The zero-order chi connectivity index (χ0) is 17.9. The normalized spacial score (nSPS) is 18.2. The van der Waals surface area contributed by atoms with Crippen molar-refractivity contribution in [3.05, 3.63) is 78.0 Å². The van der Waals surface area contributed by atoms with Crippen LogP contribution in [0.25, 0.3) is 10.9 Å². The van der Waals surface area contributed by atoms with E-state index < -0.39 is 0 Å². The average Bonchev–Trinajstić information content (AvgIpc) is 3.18. The summed E-state index contributed by atoms with van der Waals surface area (Å²) < 4.78 is 0. The van der Waals surface area contributed by atoms with Crippen LogP contribution in [-0.2, 0) is 0 Å². The third kappa shape index (κ3) is 2.98. The standard InChI is InChI=1S/C23H24N2O/c1-2-19(17-9-4-3-5-10-17)21-14-8-16-25(21)23(26)20-13-6-11-18-12-7-15-24-22(18)20/h3-7,9-13,15,19,21H,2,8,14,16H2,1H3. The van der Waals surface area contributed by atoms with Crippen LogP contribution in [0.4, 0.5) is 0 Å². The summed E-state index contributed by atoms with van der Waals surface area (Å²) in [4.78, 5) is 20.0. The third-order valence-corrected chi connectivity index (χ3v) is 5.56. The number of amides is 1. The summed E-state index contributed by atoms with van der Waals surface area (Å²) in [5.41, 5.74) is 2.85. The number of nitrogens with zero attached hydrogens (tertiary/aromatic N) is 2. The van der Waals surface area contributed by atoms with Crippen molar-refractivity contribution in [1.82, 2.24) is 9.88 Å². The van der Waals surface area contributed by atoms with E-state index in [1.165, 1.54) is 5.56 Å². The molecule has 0 spiro atoms. The first-order chi connectivity index (χ1) is 12.8. The first-order valence-electron chi connectivity index (χ1n) is 9.49. The van der Waals surface area contributed by atoms with E-state index in [0.29, 0.717) is 5.92 Å². The molecule has 0 bridgehead atoms. The highest BCUT2D eigenvalue weighted by atomic mass is 16.2. The summed E-state index contributed by atoms with van der Waals surface area (Å²) >= 11 is 0. The molecule has 1 amide bonds. The van der Waals surface area contributed by atoms with Gasteiger partial charge in [0.25, 0.3) is 5.91 Å². The van der Waals surface area contributed by atoms with Crippen LogP contribution in [0.5, 0.6) is 0 Å². The van der Waals surface area contributed by atoms with Crippen LogP contribution < -0.4 is 0 Å². The van der Waals surface area contributed by atoms with Gasteiger partial charge in [-0.25, -0.2) is 0 Å². The van der Waals surface area contributed by atoms with Crippen LogP contribution in [0.1, 0.15) is 48.0 Å². The first kappa shape index (κ1) is 16.8. The molecule has 1 aliphatic rings. The third-order valence-electron chi connectivity index (χ3n) is 5.56. The molecule has 2 unspecified atom stereocenters. The predicted molar refractivity (Wildman–Crippen MR) is 105 cm³/mol. The fourth-order valence-electron chi connectivity index (χ4n) is 4.32. The Morgan fingerprint density at radius 2 is 1.92 bits per heavy atom. The fraction of sp³-hybridized carbons (Fsp3) is 0.304. The second-order valence-corrected chi connectivity index (χ2v) is 7.01. The lowest BCUT2D eigenvalue weighted by atomic mass is 9.87. The highest BCUT2D eigenvalue weighted by Gasteiger charge is 2.35. The van der Waals surface area contributed by atoms with Crippen molar-refractivity contribution in [1.29, 1.82) is 0 Å². The van der Waals surface area contributed by atoms with E-state index in [2.05, 4.69) is 47.1 Å². The number of likely N-dealkylation sites (tertiary alicyclic amines) is 1.